The van der Waals surface area contributed by atoms with Crippen LogP contribution >= 0.6 is 7.60 Å². The molecule has 0 aromatic carbocycles. The van der Waals surface area contributed by atoms with Crippen LogP contribution in [0.5, 0.6) is 0 Å². The second kappa shape index (κ2) is 2.69. The lowest BCUT2D eigenvalue weighted by atomic mass is 11.5. The molecule has 0 aromatic rings. The van der Waals surface area contributed by atoms with Gasteiger partial charge in [-0.3, -0.25) is 4.57 Å². The van der Waals surface area contributed by atoms with Crippen LogP contribution in [0, 0.1) is 0 Å². The van der Waals surface area contributed by atoms with E-state index in [0.717, 1.165) is 0 Å². The van der Waals surface area contributed by atoms with Crippen molar-refractivity contribution >= 4 is 7.60 Å². The Kier molecular flexibility index (Phi) is 2.51. The minimum Gasteiger partial charge on any atom is -0.324 e. The minimum atomic E-state index is -4.10. The molecule has 6 nitrogen and oxygen atoms in total. The summed E-state index contributed by atoms with van der Waals surface area (Å²) in [5, 5.41) is 2.66. The van der Waals surface area contributed by atoms with Gasteiger partial charge in [0.25, 0.3) is 0 Å². The van der Waals surface area contributed by atoms with E-state index in [1.807, 2.05) is 0 Å². The second-order valence-corrected chi connectivity index (χ2v) is 2.65. The fourth-order valence-electron chi connectivity index (χ4n) is 0.111. The van der Waals surface area contributed by atoms with Gasteiger partial charge >= 0.3 is 7.60 Å². The highest BCUT2D eigenvalue weighted by molar-refractivity contribution is 7.51. The number of rotatable bonds is 2. The quantitative estimate of drug-likeness (QED) is 0.249. The molecule has 0 atom stereocenters. The minimum absolute atomic E-state index is 0.760. The second-order valence-electron chi connectivity index (χ2n) is 1.04. The molecule has 0 aliphatic rings. The lowest BCUT2D eigenvalue weighted by molar-refractivity contribution is 0.374. The summed E-state index contributed by atoms with van der Waals surface area (Å²) in [4.78, 5) is 18.1. The van der Waals surface area contributed by atoms with Crippen molar-refractivity contribution in [2.45, 2.75) is 0 Å². The smallest absolute Gasteiger partial charge is 0.324 e. The monoisotopic (exact) mass is 137 g/mol. The number of hydrogen-bond donors (Lipinski definition) is 2. The van der Waals surface area contributed by atoms with Crippen LogP contribution in [0.1, 0.15) is 0 Å². The summed E-state index contributed by atoms with van der Waals surface area (Å²) >= 11 is 0. The molecule has 0 saturated carbocycles. The third-order valence-corrected chi connectivity index (χ3v) is 0.806. The molecule has 0 aliphatic heterocycles. The van der Waals surface area contributed by atoms with Crippen LogP contribution < -0.4 is 0 Å². The highest BCUT2D eigenvalue weighted by Gasteiger charge is 2.08. The average Bonchev–Trinajstić information content (AvgIpc) is 1.59. The maximum atomic E-state index is 9.82. The highest BCUT2D eigenvalue weighted by atomic mass is 31.2. The Balaban J connectivity index is 3.74. The molecule has 0 aliphatic carbocycles. The van der Waals surface area contributed by atoms with Crippen molar-refractivity contribution in [2.75, 3.05) is 6.29 Å². The predicted octanol–water partition coefficient (Wildman–Crippen LogP) is 0.432. The van der Waals surface area contributed by atoms with Crippen molar-refractivity contribution in [2.24, 2.45) is 5.11 Å². The Morgan fingerprint density at radius 2 is 2.25 bits per heavy atom. The lowest BCUT2D eigenvalue weighted by Gasteiger charge is -1.93. The molecule has 46 valence electrons. The Bertz CT molecular complexity index is 154. The summed E-state index contributed by atoms with van der Waals surface area (Å²) < 4.78 is 9.82. The lowest BCUT2D eigenvalue weighted by Crippen LogP contribution is -1.78. The largest absolute Gasteiger partial charge is 0.331 e. The standard InChI is InChI=1S/CH4N3O3P/c2-4-3-1-8(5,6)7/h1H2,(H2,5,6,7). The van der Waals surface area contributed by atoms with Gasteiger partial charge in [0.1, 0.15) is 6.29 Å². The van der Waals surface area contributed by atoms with E-state index in [4.69, 9.17) is 15.3 Å². The fourth-order valence-corrected chi connectivity index (χ4v) is 0.332. The van der Waals surface area contributed by atoms with Crippen LogP contribution in [0.2, 0.25) is 0 Å². The van der Waals surface area contributed by atoms with Gasteiger partial charge in [0.15, 0.2) is 0 Å². The number of azide groups is 1. The molecule has 0 bridgehead atoms. The molecule has 0 aromatic heterocycles. The van der Waals surface area contributed by atoms with Crippen molar-refractivity contribution < 1.29 is 14.4 Å². The van der Waals surface area contributed by atoms with Crippen LogP contribution in [0.15, 0.2) is 5.11 Å². The van der Waals surface area contributed by atoms with E-state index in [1.54, 1.807) is 0 Å². The van der Waals surface area contributed by atoms with Gasteiger partial charge in [-0.2, -0.15) is 0 Å². The molecule has 0 amide bonds. The van der Waals surface area contributed by atoms with Gasteiger partial charge in [-0.25, -0.2) is 0 Å². The zero-order chi connectivity index (χ0) is 6.62. The molecule has 0 spiro atoms. The van der Waals surface area contributed by atoms with E-state index in [0.29, 0.717) is 0 Å². The Hall–Kier alpha value is -0.540. The molecule has 0 saturated heterocycles. The van der Waals surface area contributed by atoms with Crippen molar-refractivity contribution in [3.63, 3.8) is 0 Å². The van der Waals surface area contributed by atoms with Gasteiger partial charge < -0.3 is 9.79 Å². The summed E-state index contributed by atoms with van der Waals surface area (Å²) in [5.41, 5.74) is 7.54. The first-order chi connectivity index (χ1) is 3.56. The maximum absolute atomic E-state index is 9.82. The molecule has 0 radical (unpaired) electrons. The summed E-state index contributed by atoms with van der Waals surface area (Å²) in [6, 6.07) is 0. The summed E-state index contributed by atoms with van der Waals surface area (Å²) in [5.74, 6) is 0. The first kappa shape index (κ1) is 7.46. The van der Waals surface area contributed by atoms with E-state index in [2.05, 4.69) is 10.0 Å². The topological polar surface area (TPSA) is 106 Å². The van der Waals surface area contributed by atoms with Crippen LogP contribution in [-0.2, 0) is 4.57 Å². The predicted molar refractivity (Wildman–Crippen MR) is 26.1 cm³/mol. The molecular weight excluding hydrogens is 133 g/mol. The van der Waals surface area contributed by atoms with Gasteiger partial charge in [-0.15, -0.1) is 0 Å². The van der Waals surface area contributed by atoms with E-state index in [1.165, 1.54) is 0 Å². The first-order valence-electron chi connectivity index (χ1n) is 1.62. The van der Waals surface area contributed by atoms with Crippen LogP contribution in [0.25, 0.3) is 10.4 Å². The Labute approximate surface area is 44.9 Å². The summed E-state index contributed by atoms with van der Waals surface area (Å²) in [7, 11) is -4.10. The third-order valence-electron chi connectivity index (χ3n) is 0.311. The molecule has 0 rings (SSSR count). The summed E-state index contributed by atoms with van der Waals surface area (Å²) in [6.07, 6.45) is -0.760. The molecule has 7 heteroatoms. The molecule has 0 unspecified atom stereocenters. The zero-order valence-electron chi connectivity index (χ0n) is 3.80. The van der Waals surface area contributed by atoms with E-state index in [-0.39, 0.29) is 0 Å². The van der Waals surface area contributed by atoms with Gasteiger partial charge in [0.2, 0.25) is 0 Å². The molecule has 0 heterocycles. The Morgan fingerprint density at radius 1 is 1.75 bits per heavy atom. The van der Waals surface area contributed by atoms with Crippen molar-refractivity contribution in [1.82, 2.24) is 0 Å². The van der Waals surface area contributed by atoms with Crippen molar-refractivity contribution in [1.29, 1.82) is 0 Å². The molecule has 2 N–H and O–H groups in total. The van der Waals surface area contributed by atoms with Gasteiger partial charge in [-0.05, 0) is 5.53 Å². The highest BCUT2D eigenvalue weighted by Crippen LogP contribution is 2.33. The van der Waals surface area contributed by atoms with E-state index < -0.39 is 13.9 Å². The first-order valence-corrected chi connectivity index (χ1v) is 3.41. The number of nitrogens with zero attached hydrogens (tertiary/aromatic N) is 3. The van der Waals surface area contributed by atoms with Gasteiger partial charge in [0.05, 0.1) is 0 Å². The van der Waals surface area contributed by atoms with Crippen LogP contribution in [-0.4, -0.2) is 16.1 Å². The summed E-state index contributed by atoms with van der Waals surface area (Å²) in [6.45, 7) is 0. The molecular formula is CH4N3O3P. The van der Waals surface area contributed by atoms with E-state index >= 15 is 0 Å². The average molecular weight is 137 g/mol. The van der Waals surface area contributed by atoms with Gasteiger partial charge in [-0.1, -0.05) is 5.11 Å². The fraction of sp³-hybridized carbons (Fsp3) is 1.00. The normalized spacial score (nSPS) is 10.2. The van der Waals surface area contributed by atoms with Crippen LogP contribution in [0.4, 0.5) is 0 Å². The number of hydrogen-bond acceptors (Lipinski definition) is 2. The maximum Gasteiger partial charge on any atom is 0.331 e. The van der Waals surface area contributed by atoms with Gasteiger partial charge in [0, 0.05) is 4.91 Å². The van der Waals surface area contributed by atoms with Crippen LogP contribution in [0.3, 0.4) is 0 Å². The zero-order valence-corrected chi connectivity index (χ0v) is 4.69. The van der Waals surface area contributed by atoms with E-state index in [9.17, 15) is 4.57 Å². The SMILES string of the molecule is [N-]=[N+]=NCP(=O)(O)O. The van der Waals surface area contributed by atoms with Crippen molar-refractivity contribution in [3.8, 4) is 0 Å². The Morgan fingerprint density at radius 3 is 2.38 bits per heavy atom. The molecule has 0 fully saturated rings. The molecule has 8 heavy (non-hydrogen) atoms. The van der Waals surface area contributed by atoms with Crippen molar-refractivity contribution in [3.05, 3.63) is 10.4 Å². The third kappa shape index (κ3) is 5.46.